The molecule has 2 aromatic heterocycles. The quantitative estimate of drug-likeness (QED) is 0.420. The number of rotatable bonds is 6. The summed E-state index contributed by atoms with van der Waals surface area (Å²) in [5, 5.41) is 4.51. The van der Waals surface area contributed by atoms with Gasteiger partial charge in [0.2, 0.25) is 5.91 Å². The highest BCUT2D eigenvalue weighted by atomic mass is 35.5. The molecule has 0 fully saturated rings. The van der Waals surface area contributed by atoms with Crippen LogP contribution in [0.3, 0.4) is 0 Å². The fourth-order valence-corrected chi connectivity index (χ4v) is 4.14. The third-order valence-corrected chi connectivity index (χ3v) is 5.86. The summed E-state index contributed by atoms with van der Waals surface area (Å²) >= 11 is 5.99. The van der Waals surface area contributed by atoms with Crippen LogP contribution in [0.1, 0.15) is 23.5 Å². The Morgan fingerprint density at radius 1 is 1.12 bits per heavy atom. The fourth-order valence-electron chi connectivity index (χ4n) is 4.03. The molecular weight excluding hydrogens is 426 g/mol. The van der Waals surface area contributed by atoms with Crippen molar-refractivity contribution in [3.63, 3.8) is 0 Å². The number of fused-ring (bicyclic) bond motifs is 2. The van der Waals surface area contributed by atoms with Gasteiger partial charge in [-0.3, -0.25) is 4.79 Å². The van der Waals surface area contributed by atoms with Crippen LogP contribution in [0.15, 0.2) is 73.1 Å². The van der Waals surface area contributed by atoms with E-state index in [0.717, 1.165) is 27.8 Å². The lowest BCUT2D eigenvalue weighted by atomic mass is 9.89. The van der Waals surface area contributed by atoms with Crippen LogP contribution in [0.5, 0.6) is 11.5 Å². The molecule has 2 N–H and O–H groups in total. The van der Waals surface area contributed by atoms with Gasteiger partial charge in [-0.25, -0.2) is 4.98 Å². The maximum absolute atomic E-state index is 12.9. The van der Waals surface area contributed by atoms with Crippen LogP contribution in [0.25, 0.3) is 10.9 Å². The third kappa shape index (κ3) is 4.27. The Morgan fingerprint density at radius 3 is 2.78 bits per heavy atom. The Morgan fingerprint density at radius 2 is 1.94 bits per heavy atom. The number of aromatic amines is 1. The van der Waals surface area contributed by atoms with Crippen LogP contribution in [0.2, 0.25) is 5.15 Å². The van der Waals surface area contributed by atoms with E-state index < -0.39 is 0 Å². The molecule has 1 aliphatic rings. The molecule has 2 aromatic carbocycles. The molecule has 1 aliphatic heterocycles. The zero-order valence-corrected chi connectivity index (χ0v) is 18.0. The lowest BCUT2D eigenvalue weighted by Crippen LogP contribution is -2.41. The van der Waals surface area contributed by atoms with Gasteiger partial charge in [-0.2, -0.15) is 0 Å². The average molecular weight is 448 g/mol. The molecule has 0 unspecified atom stereocenters. The second kappa shape index (κ2) is 8.93. The van der Waals surface area contributed by atoms with Crippen molar-refractivity contribution < 1.29 is 14.3 Å². The van der Waals surface area contributed by atoms with Crippen LogP contribution in [-0.2, 0) is 4.79 Å². The summed E-state index contributed by atoms with van der Waals surface area (Å²) in [6, 6.07) is 19.3. The zero-order chi connectivity index (χ0) is 21.9. The molecule has 0 saturated carbocycles. The molecule has 0 spiro atoms. The van der Waals surface area contributed by atoms with E-state index in [9.17, 15) is 4.79 Å². The maximum atomic E-state index is 12.9. The van der Waals surface area contributed by atoms with Crippen molar-refractivity contribution in [1.29, 1.82) is 0 Å². The molecule has 3 heterocycles. The van der Waals surface area contributed by atoms with E-state index in [0.29, 0.717) is 24.1 Å². The minimum absolute atomic E-state index is 0.0716. The van der Waals surface area contributed by atoms with Crippen LogP contribution in [0.4, 0.5) is 0 Å². The summed E-state index contributed by atoms with van der Waals surface area (Å²) in [4.78, 5) is 20.5. The second-order valence-electron chi connectivity index (χ2n) is 7.76. The van der Waals surface area contributed by atoms with E-state index in [1.807, 2.05) is 54.7 Å². The first-order chi connectivity index (χ1) is 15.7. The third-order valence-electron chi connectivity index (χ3n) is 5.63. The van der Waals surface area contributed by atoms with Crippen molar-refractivity contribution in [3.05, 3.63) is 89.3 Å². The standard InChI is InChI=1S/C25H22ClN3O3/c26-24-10-9-16(12-28-24)19(20-14-27-21-6-2-1-5-18(20)21)11-25(30)29-13-17-15-31-22-7-3-4-8-23(22)32-17/h1-10,12,14,17,19,27H,11,13,15H2,(H,29,30)/t17-,19+/m0/s1. The summed E-state index contributed by atoms with van der Waals surface area (Å²) in [6.07, 6.45) is 3.73. The van der Waals surface area contributed by atoms with Crippen LogP contribution in [0, 0.1) is 0 Å². The first-order valence-corrected chi connectivity index (χ1v) is 10.9. The van der Waals surface area contributed by atoms with Gasteiger partial charge in [0.05, 0.1) is 6.54 Å². The Labute approximate surface area is 190 Å². The topological polar surface area (TPSA) is 76.2 Å². The Bertz CT molecular complexity index is 1240. The van der Waals surface area contributed by atoms with E-state index in [1.165, 1.54) is 0 Å². The number of halogens is 1. The minimum Gasteiger partial charge on any atom is -0.486 e. The van der Waals surface area contributed by atoms with Crippen molar-refractivity contribution in [2.24, 2.45) is 0 Å². The van der Waals surface area contributed by atoms with Gasteiger partial charge in [0.15, 0.2) is 11.5 Å². The Balaban J connectivity index is 1.31. The largest absolute Gasteiger partial charge is 0.486 e. The monoisotopic (exact) mass is 447 g/mol. The summed E-state index contributed by atoms with van der Waals surface area (Å²) in [6.45, 7) is 0.761. The molecule has 0 radical (unpaired) electrons. The number of benzene rings is 2. The van der Waals surface area contributed by atoms with E-state index in [4.69, 9.17) is 21.1 Å². The molecule has 0 bridgehead atoms. The number of carbonyl (C=O) groups excluding carboxylic acids is 1. The molecule has 162 valence electrons. The fraction of sp³-hybridized carbons (Fsp3) is 0.200. The highest BCUT2D eigenvalue weighted by Gasteiger charge is 2.24. The lowest BCUT2D eigenvalue weighted by Gasteiger charge is -2.26. The number of nitrogens with zero attached hydrogens (tertiary/aromatic N) is 1. The van der Waals surface area contributed by atoms with Gasteiger partial charge < -0.3 is 19.8 Å². The van der Waals surface area contributed by atoms with Crippen LogP contribution in [-0.4, -0.2) is 35.1 Å². The molecule has 32 heavy (non-hydrogen) atoms. The van der Waals surface area contributed by atoms with Gasteiger partial charge in [-0.15, -0.1) is 0 Å². The molecule has 1 amide bonds. The summed E-state index contributed by atoms with van der Waals surface area (Å²) in [5.74, 6) is 1.18. The molecule has 2 atom stereocenters. The smallest absolute Gasteiger partial charge is 0.221 e. The van der Waals surface area contributed by atoms with Crippen molar-refractivity contribution in [2.75, 3.05) is 13.2 Å². The second-order valence-corrected chi connectivity index (χ2v) is 8.15. The van der Waals surface area contributed by atoms with Gasteiger partial charge in [0.1, 0.15) is 17.9 Å². The molecule has 4 aromatic rings. The van der Waals surface area contributed by atoms with Gasteiger partial charge in [0.25, 0.3) is 0 Å². The van der Waals surface area contributed by atoms with Gasteiger partial charge in [0, 0.05) is 35.6 Å². The van der Waals surface area contributed by atoms with Gasteiger partial charge in [-0.1, -0.05) is 48.0 Å². The number of hydrogen-bond acceptors (Lipinski definition) is 4. The molecule has 7 heteroatoms. The Hall–Kier alpha value is -3.51. The lowest BCUT2D eigenvalue weighted by molar-refractivity contribution is -0.121. The minimum atomic E-state index is -0.238. The molecule has 0 saturated heterocycles. The molecule has 6 nitrogen and oxygen atoms in total. The number of ether oxygens (including phenoxy) is 2. The SMILES string of the molecule is O=C(C[C@H](c1ccc(Cl)nc1)c1c[nH]c2ccccc12)NC[C@H]1COc2ccccc2O1. The first kappa shape index (κ1) is 20.4. The van der Waals surface area contributed by atoms with E-state index in [1.54, 1.807) is 12.3 Å². The molecule has 0 aliphatic carbocycles. The highest BCUT2D eigenvalue weighted by molar-refractivity contribution is 6.29. The van der Waals surface area contributed by atoms with Gasteiger partial charge >= 0.3 is 0 Å². The number of amides is 1. The van der Waals surface area contributed by atoms with Crippen molar-refractivity contribution in [1.82, 2.24) is 15.3 Å². The van der Waals surface area contributed by atoms with Crippen LogP contribution < -0.4 is 14.8 Å². The van der Waals surface area contributed by atoms with E-state index in [2.05, 4.69) is 21.4 Å². The highest BCUT2D eigenvalue weighted by Crippen LogP contribution is 2.34. The van der Waals surface area contributed by atoms with Crippen molar-refractivity contribution in [3.8, 4) is 11.5 Å². The first-order valence-electron chi connectivity index (χ1n) is 10.5. The zero-order valence-electron chi connectivity index (χ0n) is 17.3. The number of aromatic nitrogens is 2. The predicted octanol–water partition coefficient (Wildman–Crippen LogP) is 4.69. The Kier molecular flexibility index (Phi) is 5.69. The molecule has 5 rings (SSSR count). The van der Waals surface area contributed by atoms with Crippen molar-refractivity contribution in [2.45, 2.75) is 18.4 Å². The number of carbonyl (C=O) groups is 1. The normalized spacial score (nSPS) is 16.0. The van der Waals surface area contributed by atoms with Gasteiger partial charge in [-0.05, 0) is 35.4 Å². The van der Waals surface area contributed by atoms with E-state index >= 15 is 0 Å². The summed E-state index contributed by atoms with van der Waals surface area (Å²) < 4.78 is 11.7. The van der Waals surface area contributed by atoms with Crippen LogP contribution >= 0.6 is 11.6 Å². The predicted molar refractivity (Wildman–Crippen MR) is 123 cm³/mol. The summed E-state index contributed by atoms with van der Waals surface area (Å²) in [5.41, 5.74) is 3.01. The number of para-hydroxylation sites is 3. The van der Waals surface area contributed by atoms with Crippen molar-refractivity contribution >= 4 is 28.4 Å². The summed E-state index contributed by atoms with van der Waals surface area (Å²) in [7, 11) is 0. The molecular formula is C25H22ClN3O3. The average Bonchev–Trinajstić information content (AvgIpc) is 3.26. The number of nitrogens with one attached hydrogen (secondary N) is 2. The number of hydrogen-bond donors (Lipinski definition) is 2. The maximum Gasteiger partial charge on any atom is 0.221 e. The number of H-pyrrole nitrogens is 1. The van der Waals surface area contributed by atoms with E-state index in [-0.39, 0.29) is 24.3 Å². The number of pyridine rings is 1.